The predicted molar refractivity (Wildman–Crippen MR) is 210 cm³/mol. The molecule has 1 aromatic carbocycles. The number of hydrogen-bond donors (Lipinski definition) is 4. The number of nitrogens with zero attached hydrogens (tertiary/aromatic N) is 8. The fourth-order valence-electron chi connectivity index (χ4n) is 6.05. The maximum absolute atomic E-state index is 13.3. The zero-order valence-electron chi connectivity index (χ0n) is 30.5. The van der Waals surface area contributed by atoms with Gasteiger partial charge in [-0.15, -0.1) is 22.7 Å². The van der Waals surface area contributed by atoms with Crippen LogP contribution in [0, 0.1) is 13.8 Å². The second-order valence-electron chi connectivity index (χ2n) is 12.8. The van der Waals surface area contributed by atoms with E-state index in [1.165, 1.54) is 34.9 Å². The fourth-order valence-corrected chi connectivity index (χ4v) is 7.37. The zero-order valence-corrected chi connectivity index (χ0v) is 32.1. The average Bonchev–Trinajstić information content (AvgIpc) is 3.97. The quantitative estimate of drug-likeness (QED) is 0.0864. The van der Waals surface area contributed by atoms with Gasteiger partial charge in [0, 0.05) is 66.6 Å². The third-order valence-electron chi connectivity index (χ3n) is 8.77. The van der Waals surface area contributed by atoms with Gasteiger partial charge in [0.1, 0.15) is 16.8 Å². The van der Waals surface area contributed by atoms with Gasteiger partial charge in [0.2, 0.25) is 23.7 Å². The normalized spacial score (nSPS) is 13.5. The molecule has 1 saturated heterocycles. The standard InChI is InChI=1S/C36H38N12O6S2/c1-20-17-40-33(55-20)31(51)44-35-42-24-14-22(28(37)49)16-26(54-11-5-6-46-9-12-53-13-10-46)27(24)47(35)7-3-4-8-48-30-25(15-23(19-39-30)29(38)50)43-36(48)45-32(52)34-41-18-21(2)56-34/h3-4,14-19H,5-13H2,1-2H3,(H2,37,49)(H2,38,50)(H,42,44,51)(H,43,45,52). The summed E-state index contributed by atoms with van der Waals surface area (Å²) in [5, 5.41) is 6.21. The number of nitrogens with two attached hydrogens (primary N) is 2. The highest BCUT2D eigenvalue weighted by Crippen LogP contribution is 2.32. The number of amides is 4. The van der Waals surface area contributed by atoms with Crippen molar-refractivity contribution in [2.24, 2.45) is 11.5 Å². The molecule has 0 radical (unpaired) electrons. The van der Waals surface area contributed by atoms with E-state index in [2.05, 4.69) is 35.5 Å². The Labute approximate surface area is 327 Å². The van der Waals surface area contributed by atoms with Crippen molar-refractivity contribution in [1.29, 1.82) is 0 Å². The molecule has 0 spiro atoms. The first-order valence-electron chi connectivity index (χ1n) is 17.6. The number of thiazole rings is 2. The van der Waals surface area contributed by atoms with E-state index < -0.39 is 23.6 Å². The third kappa shape index (κ3) is 8.57. The van der Waals surface area contributed by atoms with Crippen molar-refractivity contribution in [1.82, 2.24) is 39.0 Å². The number of carbonyl (C=O) groups excluding carboxylic acids is 4. The Hall–Kier alpha value is -6.09. The lowest BCUT2D eigenvalue weighted by molar-refractivity contribution is 0.0358. The number of rotatable bonds is 15. The fraction of sp³-hybridized carbons (Fsp3) is 0.306. The van der Waals surface area contributed by atoms with Crippen LogP contribution in [0.25, 0.3) is 22.2 Å². The van der Waals surface area contributed by atoms with E-state index in [1.54, 1.807) is 33.7 Å². The van der Waals surface area contributed by atoms with Crippen LogP contribution < -0.4 is 26.8 Å². The van der Waals surface area contributed by atoms with Crippen LogP contribution in [0.15, 0.2) is 48.9 Å². The molecule has 1 fully saturated rings. The van der Waals surface area contributed by atoms with Crippen LogP contribution in [0.1, 0.15) is 56.5 Å². The summed E-state index contributed by atoms with van der Waals surface area (Å²) in [6, 6.07) is 4.65. The summed E-state index contributed by atoms with van der Waals surface area (Å²) in [7, 11) is 0. The van der Waals surface area contributed by atoms with Gasteiger partial charge in [0.15, 0.2) is 15.7 Å². The van der Waals surface area contributed by atoms with Gasteiger partial charge < -0.3 is 25.5 Å². The van der Waals surface area contributed by atoms with Crippen LogP contribution in [-0.2, 0) is 17.8 Å². The van der Waals surface area contributed by atoms with Crippen molar-refractivity contribution < 1.29 is 28.7 Å². The highest BCUT2D eigenvalue weighted by molar-refractivity contribution is 7.13. The van der Waals surface area contributed by atoms with Crippen molar-refractivity contribution in [3.05, 3.63) is 79.8 Å². The predicted octanol–water partition coefficient (Wildman–Crippen LogP) is 3.37. The van der Waals surface area contributed by atoms with E-state index >= 15 is 0 Å². The van der Waals surface area contributed by atoms with Crippen LogP contribution in [0.4, 0.5) is 11.9 Å². The minimum Gasteiger partial charge on any atom is -0.491 e. The van der Waals surface area contributed by atoms with Gasteiger partial charge in [-0.25, -0.2) is 24.9 Å². The molecular weight excluding hydrogens is 761 g/mol. The minimum atomic E-state index is -0.665. The van der Waals surface area contributed by atoms with Crippen molar-refractivity contribution >= 4 is 80.4 Å². The molecule has 0 atom stereocenters. The average molecular weight is 799 g/mol. The molecule has 6 aromatic rings. The zero-order chi connectivity index (χ0) is 39.3. The second kappa shape index (κ2) is 16.7. The number of fused-ring (bicyclic) bond motifs is 2. The summed E-state index contributed by atoms with van der Waals surface area (Å²) in [5.41, 5.74) is 13.3. The number of primary amides is 2. The van der Waals surface area contributed by atoms with Crippen molar-refractivity contribution in [3.8, 4) is 5.75 Å². The second-order valence-corrected chi connectivity index (χ2v) is 15.3. The van der Waals surface area contributed by atoms with Gasteiger partial charge in [-0.05, 0) is 38.5 Å². The number of aryl methyl sites for hydroxylation is 2. The van der Waals surface area contributed by atoms with Gasteiger partial charge in [0.05, 0.1) is 30.9 Å². The largest absolute Gasteiger partial charge is 0.491 e. The Morgan fingerprint density at radius 3 is 2.00 bits per heavy atom. The summed E-state index contributed by atoms with van der Waals surface area (Å²) < 4.78 is 15.2. The number of allylic oxidation sites excluding steroid dienone is 2. The Bertz CT molecular complexity index is 2480. The van der Waals surface area contributed by atoms with E-state index in [0.717, 1.165) is 35.8 Å². The van der Waals surface area contributed by atoms with Gasteiger partial charge in [0.25, 0.3) is 11.8 Å². The lowest BCUT2D eigenvalue weighted by Crippen LogP contribution is -2.37. The number of benzene rings is 1. The number of morpholine rings is 1. The van der Waals surface area contributed by atoms with E-state index in [0.29, 0.717) is 47.8 Å². The molecule has 5 aromatic heterocycles. The van der Waals surface area contributed by atoms with Crippen LogP contribution in [-0.4, -0.2) is 102 Å². The molecule has 1 aliphatic rings. The molecule has 0 saturated carbocycles. The van der Waals surface area contributed by atoms with Crippen LogP contribution in [0.3, 0.4) is 0 Å². The molecular formula is C36H38N12O6S2. The number of aromatic nitrogens is 7. The summed E-state index contributed by atoms with van der Waals surface area (Å²) >= 11 is 2.49. The number of ether oxygens (including phenoxy) is 2. The van der Waals surface area contributed by atoms with E-state index in [1.807, 2.05) is 26.0 Å². The van der Waals surface area contributed by atoms with Crippen LogP contribution in [0.2, 0.25) is 0 Å². The van der Waals surface area contributed by atoms with Crippen molar-refractivity contribution in [3.63, 3.8) is 0 Å². The molecule has 0 bridgehead atoms. The molecule has 6 N–H and O–H groups in total. The highest BCUT2D eigenvalue weighted by Gasteiger charge is 2.22. The molecule has 6 heterocycles. The molecule has 4 amide bonds. The van der Waals surface area contributed by atoms with E-state index in [-0.39, 0.29) is 46.1 Å². The topological polar surface area (TPSA) is 240 Å². The van der Waals surface area contributed by atoms with Crippen LogP contribution >= 0.6 is 22.7 Å². The maximum Gasteiger partial charge on any atom is 0.286 e. The van der Waals surface area contributed by atoms with Gasteiger partial charge in [-0.1, -0.05) is 12.2 Å². The third-order valence-corrected chi connectivity index (χ3v) is 10.6. The smallest absolute Gasteiger partial charge is 0.286 e. The Balaban J connectivity index is 1.20. The molecule has 18 nitrogen and oxygen atoms in total. The number of pyridine rings is 1. The molecule has 1 aliphatic heterocycles. The minimum absolute atomic E-state index is 0.166. The SMILES string of the molecule is Cc1cnc(C(=O)Nc2nc3cc(C(N)=O)cnc3n2CC=CCn2c(NC(=O)c3ncc(C)s3)nc3cc(C(N)=O)cc(OCCCN4CCOCC4)c32)s1. The summed E-state index contributed by atoms with van der Waals surface area (Å²) in [6.45, 7) is 8.32. The van der Waals surface area contributed by atoms with E-state index in [4.69, 9.17) is 25.9 Å². The first-order chi connectivity index (χ1) is 27.0. The van der Waals surface area contributed by atoms with Crippen LogP contribution in [0.5, 0.6) is 5.75 Å². The highest BCUT2D eigenvalue weighted by atomic mass is 32.1. The molecule has 0 aliphatic carbocycles. The number of nitrogens with one attached hydrogen (secondary N) is 2. The van der Waals surface area contributed by atoms with Crippen molar-refractivity contribution in [2.45, 2.75) is 33.4 Å². The number of imidazole rings is 2. The monoisotopic (exact) mass is 798 g/mol. The first-order valence-corrected chi connectivity index (χ1v) is 19.2. The number of hydrogen-bond acceptors (Lipinski definition) is 14. The van der Waals surface area contributed by atoms with Gasteiger partial charge >= 0.3 is 0 Å². The summed E-state index contributed by atoms with van der Waals surface area (Å²) in [5.74, 6) is -1.46. The summed E-state index contributed by atoms with van der Waals surface area (Å²) in [6.07, 6.45) is 8.96. The maximum atomic E-state index is 13.3. The molecule has 0 unspecified atom stereocenters. The van der Waals surface area contributed by atoms with E-state index in [9.17, 15) is 19.2 Å². The van der Waals surface area contributed by atoms with Crippen molar-refractivity contribution in [2.75, 3.05) is 50.1 Å². The number of carbonyl (C=O) groups is 4. The molecule has 290 valence electrons. The summed E-state index contributed by atoms with van der Waals surface area (Å²) in [4.78, 5) is 76.9. The Kier molecular flexibility index (Phi) is 11.4. The Morgan fingerprint density at radius 1 is 0.804 bits per heavy atom. The number of anilines is 2. The lowest BCUT2D eigenvalue weighted by Gasteiger charge is -2.26. The Morgan fingerprint density at radius 2 is 1.39 bits per heavy atom. The van der Waals surface area contributed by atoms with Gasteiger partial charge in [-0.2, -0.15) is 0 Å². The molecule has 56 heavy (non-hydrogen) atoms. The molecule has 7 rings (SSSR count). The van der Waals surface area contributed by atoms with Gasteiger partial charge in [-0.3, -0.25) is 39.3 Å². The lowest BCUT2D eigenvalue weighted by atomic mass is 10.1. The first kappa shape index (κ1) is 38.2. The molecule has 20 heteroatoms.